The molecule has 2 N–H and O–H groups in total. The number of carbonyl (C=O) groups is 1. The maximum Gasteiger partial charge on any atom is 0.319 e. The van der Waals surface area contributed by atoms with E-state index in [-0.39, 0.29) is 24.6 Å². The van der Waals surface area contributed by atoms with Crippen LogP contribution < -0.4 is 15.4 Å². The predicted octanol–water partition coefficient (Wildman–Crippen LogP) is 4.92. The summed E-state index contributed by atoms with van der Waals surface area (Å²) in [7, 11) is 0. The molecule has 0 atom stereocenters. The van der Waals surface area contributed by atoms with E-state index in [2.05, 4.69) is 49.8 Å². The Bertz CT molecular complexity index is 853. The molecule has 0 aliphatic heterocycles. The molecule has 2 aromatic carbocycles. The smallest absolute Gasteiger partial charge is 0.319 e. The lowest BCUT2D eigenvalue weighted by atomic mass is 9.87. The van der Waals surface area contributed by atoms with E-state index in [1.165, 1.54) is 5.56 Å². The maximum atomic E-state index is 11.9. The summed E-state index contributed by atoms with van der Waals surface area (Å²) >= 11 is 0. The molecule has 0 heterocycles. The maximum absolute atomic E-state index is 11.9. The molecule has 0 saturated heterocycles. The SMILES string of the molecule is C=CCc1ccccc1OCC#CCNC(=O)Nc1ccc(C(C)(C)C)cc1. The second-order valence-electron chi connectivity index (χ2n) is 7.38. The number of para-hydroxylation sites is 1. The number of hydrogen-bond donors (Lipinski definition) is 2. The molecule has 2 amide bonds. The quantitative estimate of drug-likeness (QED) is 0.555. The van der Waals surface area contributed by atoms with Crippen LogP contribution in [0.3, 0.4) is 0 Å². The molecule has 0 aromatic heterocycles. The second kappa shape index (κ2) is 10.2. The first-order chi connectivity index (χ1) is 13.4. The number of benzene rings is 2. The minimum atomic E-state index is -0.282. The number of rotatable bonds is 6. The Hall–Kier alpha value is -3.19. The Labute approximate surface area is 168 Å². The molecule has 0 bridgehead atoms. The van der Waals surface area contributed by atoms with Crippen molar-refractivity contribution in [3.63, 3.8) is 0 Å². The lowest BCUT2D eigenvalue weighted by Gasteiger charge is -2.19. The molecular weight excluding hydrogens is 348 g/mol. The van der Waals surface area contributed by atoms with Crippen molar-refractivity contribution in [1.82, 2.24) is 5.32 Å². The fraction of sp³-hybridized carbons (Fsp3) is 0.292. The number of allylic oxidation sites excluding steroid dienone is 1. The fourth-order valence-electron chi connectivity index (χ4n) is 2.55. The summed E-state index contributed by atoms with van der Waals surface area (Å²) in [4.78, 5) is 11.9. The Morgan fingerprint density at radius 1 is 1.11 bits per heavy atom. The van der Waals surface area contributed by atoms with Crippen molar-refractivity contribution >= 4 is 11.7 Å². The highest BCUT2D eigenvalue weighted by molar-refractivity contribution is 5.89. The summed E-state index contributed by atoms with van der Waals surface area (Å²) in [6, 6.07) is 15.4. The Morgan fingerprint density at radius 3 is 2.50 bits per heavy atom. The van der Waals surface area contributed by atoms with Gasteiger partial charge in [0, 0.05) is 5.69 Å². The number of amides is 2. The van der Waals surface area contributed by atoms with Crippen LogP contribution in [0.25, 0.3) is 0 Å². The van der Waals surface area contributed by atoms with Crippen molar-refractivity contribution in [1.29, 1.82) is 0 Å². The number of ether oxygens (including phenoxy) is 1. The minimum absolute atomic E-state index is 0.0879. The Kier molecular flexibility index (Phi) is 7.71. The Morgan fingerprint density at radius 2 is 1.82 bits per heavy atom. The van der Waals surface area contributed by atoms with Gasteiger partial charge in [-0.05, 0) is 41.2 Å². The van der Waals surface area contributed by atoms with E-state index in [0.717, 1.165) is 23.4 Å². The number of carbonyl (C=O) groups excluding carboxylic acids is 1. The van der Waals surface area contributed by atoms with Crippen molar-refractivity contribution in [2.75, 3.05) is 18.5 Å². The lowest BCUT2D eigenvalue weighted by Crippen LogP contribution is -2.29. The topological polar surface area (TPSA) is 50.4 Å². The summed E-state index contributed by atoms with van der Waals surface area (Å²) in [5.74, 6) is 6.60. The molecule has 28 heavy (non-hydrogen) atoms. The van der Waals surface area contributed by atoms with Crippen molar-refractivity contribution < 1.29 is 9.53 Å². The fourth-order valence-corrected chi connectivity index (χ4v) is 2.55. The third kappa shape index (κ3) is 6.85. The lowest BCUT2D eigenvalue weighted by molar-refractivity contribution is 0.253. The summed E-state index contributed by atoms with van der Waals surface area (Å²) in [5.41, 5.74) is 3.14. The normalized spacial score (nSPS) is 10.4. The van der Waals surface area contributed by atoms with Crippen LogP contribution in [0.2, 0.25) is 0 Å². The number of hydrogen-bond acceptors (Lipinski definition) is 2. The average Bonchev–Trinajstić information content (AvgIpc) is 2.65. The first-order valence-corrected chi connectivity index (χ1v) is 9.33. The van der Waals surface area contributed by atoms with E-state index >= 15 is 0 Å². The summed E-state index contributed by atoms with van der Waals surface area (Å²) < 4.78 is 5.68. The van der Waals surface area contributed by atoms with Crippen LogP contribution in [0.1, 0.15) is 31.9 Å². The van der Waals surface area contributed by atoms with Gasteiger partial charge in [-0.2, -0.15) is 0 Å². The monoisotopic (exact) mass is 376 g/mol. The van der Waals surface area contributed by atoms with Crippen LogP contribution in [0, 0.1) is 11.8 Å². The number of nitrogens with one attached hydrogen (secondary N) is 2. The van der Waals surface area contributed by atoms with Crippen LogP contribution in [-0.4, -0.2) is 19.2 Å². The van der Waals surface area contributed by atoms with Gasteiger partial charge in [-0.15, -0.1) is 6.58 Å². The molecule has 0 fully saturated rings. The third-order valence-electron chi connectivity index (χ3n) is 4.11. The highest BCUT2D eigenvalue weighted by Crippen LogP contribution is 2.23. The van der Waals surface area contributed by atoms with E-state index in [4.69, 9.17) is 4.74 Å². The zero-order chi connectivity index (χ0) is 20.4. The molecule has 2 rings (SSSR count). The van der Waals surface area contributed by atoms with Crippen LogP contribution in [0.15, 0.2) is 61.2 Å². The zero-order valence-electron chi connectivity index (χ0n) is 16.8. The largest absolute Gasteiger partial charge is 0.481 e. The van der Waals surface area contributed by atoms with Crippen molar-refractivity contribution in [2.45, 2.75) is 32.6 Å². The molecule has 146 valence electrons. The van der Waals surface area contributed by atoms with E-state index < -0.39 is 0 Å². The first kappa shape index (κ1) is 21.1. The van der Waals surface area contributed by atoms with Crippen LogP contribution in [0.5, 0.6) is 5.75 Å². The van der Waals surface area contributed by atoms with Crippen molar-refractivity contribution in [3.8, 4) is 17.6 Å². The van der Waals surface area contributed by atoms with Gasteiger partial charge in [0.2, 0.25) is 0 Å². The third-order valence-corrected chi connectivity index (χ3v) is 4.11. The summed E-state index contributed by atoms with van der Waals surface area (Å²) in [6.07, 6.45) is 2.59. The standard InChI is InChI=1S/C24H28N2O2/c1-5-10-19-11-6-7-12-22(19)28-18-9-8-17-25-23(27)26-21-15-13-20(14-16-21)24(2,3)4/h5-7,11-16H,1,10,17-18H2,2-4H3,(H2,25,26,27). The highest BCUT2D eigenvalue weighted by atomic mass is 16.5. The first-order valence-electron chi connectivity index (χ1n) is 9.33. The van der Waals surface area contributed by atoms with Gasteiger partial charge in [0.25, 0.3) is 0 Å². The molecule has 0 saturated carbocycles. The van der Waals surface area contributed by atoms with Gasteiger partial charge in [-0.1, -0.05) is 69.0 Å². The van der Waals surface area contributed by atoms with Crippen molar-refractivity contribution in [2.24, 2.45) is 0 Å². The summed E-state index contributed by atoms with van der Waals surface area (Å²) in [5, 5.41) is 5.51. The zero-order valence-corrected chi connectivity index (χ0v) is 16.8. The van der Waals surface area contributed by atoms with Crippen LogP contribution >= 0.6 is 0 Å². The molecule has 0 unspecified atom stereocenters. The minimum Gasteiger partial charge on any atom is -0.481 e. The van der Waals surface area contributed by atoms with E-state index in [9.17, 15) is 4.79 Å². The average molecular weight is 377 g/mol. The molecule has 0 radical (unpaired) electrons. The highest BCUT2D eigenvalue weighted by Gasteiger charge is 2.13. The Balaban J connectivity index is 1.74. The summed E-state index contributed by atoms with van der Waals surface area (Å²) in [6.45, 7) is 10.7. The molecule has 0 aliphatic rings. The van der Waals surface area contributed by atoms with Crippen LogP contribution in [-0.2, 0) is 11.8 Å². The van der Waals surface area contributed by atoms with Gasteiger partial charge in [0.1, 0.15) is 12.4 Å². The van der Waals surface area contributed by atoms with Gasteiger partial charge >= 0.3 is 6.03 Å². The van der Waals surface area contributed by atoms with E-state index in [0.29, 0.717) is 0 Å². The van der Waals surface area contributed by atoms with Gasteiger partial charge in [0.05, 0.1) is 6.54 Å². The predicted molar refractivity (Wildman–Crippen MR) is 116 cm³/mol. The van der Waals surface area contributed by atoms with Crippen LogP contribution in [0.4, 0.5) is 10.5 Å². The molecule has 4 heteroatoms. The molecule has 2 aromatic rings. The second-order valence-corrected chi connectivity index (χ2v) is 7.38. The van der Waals surface area contributed by atoms with Gasteiger partial charge in [-0.25, -0.2) is 4.79 Å². The molecular formula is C24H28N2O2. The van der Waals surface area contributed by atoms with Crippen molar-refractivity contribution in [3.05, 3.63) is 72.3 Å². The number of anilines is 1. The van der Waals surface area contributed by atoms with Gasteiger partial charge in [0.15, 0.2) is 0 Å². The molecule has 4 nitrogen and oxygen atoms in total. The van der Waals surface area contributed by atoms with E-state index in [1.54, 1.807) is 0 Å². The van der Waals surface area contributed by atoms with E-state index in [1.807, 2.05) is 54.6 Å². The number of urea groups is 1. The molecule has 0 aliphatic carbocycles. The molecule has 0 spiro atoms. The van der Waals surface area contributed by atoms with Gasteiger partial charge < -0.3 is 15.4 Å². The van der Waals surface area contributed by atoms with Gasteiger partial charge in [-0.3, -0.25) is 0 Å².